The summed E-state index contributed by atoms with van der Waals surface area (Å²) in [6.45, 7) is 53.5. The molecule has 0 saturated heterocycles. The Balaban J connectivity index is 1.08. The third-order valence-corrected chi connectivity index (χ3v) is 25.8. The monoisotopic (exact) mass is 1590 g/mol. The number of hydrogen-bond donors (Lipinski definition) is 4. The zero-order chi connectivity index (χ0) is 85.5. The van der Waals surface area contributed by atoms with Crippen LogP contribution in [0.4, 0.5) is 0 Å². The molecule has 122 heavy (non-hydrogen) atoms. The summed E-state index contributed by atoms with van der Waals surface area (Å²) < 4.78 is 0. The van der Waals surface area contributed by atoms with Gasteiger partial charge in [-0.2, -0.15) is 0 Å². The van der Waals surface area contributed by atoms with E-state index in [2.05, 4.69) is 356 Å². The Morgan fingerprint density at radius 1 is 0.139 bits per heavy atom. The fraction of sp³-hybridized carbons (Fsp3) is 0.214. The summed E-state index contributed by atoms with van der Waals surface area (Å²) in [4.78, 5) is 54.8. The number of aryl methyl sites for hydroxylation is 24. The number of rotatable bonds is 8. The van der Waals surface area contributed by atoms with Crippen molar-refractivity contribution in [3.63, 3.8) is 0 Å². The van der Waals surface area contributed by atoms with Crippen molar-refractivity contribution < 1.29 is 0 Å². The molecule has 0 spiro atoms. The van der Waals surface area contributed by atoms with Crippen LogP contribution >= 0.6 is 0 Å². The molecule has 8 aromatic carbocycles. The Bertz CT molecular complexity index is 6580. The van der Waals surface area contributed by atoms with Gasteiger partial charge in [0.25, 0.3) is 0 Å². The van der Waals surface area contributed by atoms with Crippen molar-refractivity contribution in [1.82, 2.24) is 49.8 Å². The number of aromatic amines is 4. The predicted octanol–water partition coefficient (Wildman–Crippen LogP) is 29.5. The highest BCUT2D eigenvalue weighted by Crippen LogP contribution is 2.55. The Morgan fingerprint density at radius 2 is 0.262 bits per heavy atom. The van der Waals surface area contributed by atoms with Gasteiger partial charge in [0, 0.05) is 88.6 Å². The molecule has 0 saturated carbocycles. The first-order valence-electron chi connectivity index (χ1n) is 42.9. The van der Waals surface area contributed by atoms with Crippen LogP contribution in [0.5, 0.6) is 0 Å². The van der Waals surface area contributed by atoms with Gasteiger partial charge in [-0.05, 0) is 373 Å². The van der Waals surface area contributed by atoms with Crippen LogP contribution in [0.3, 0.4) is 0 Å². The number of fused-ring (bicyclic) bond motifs is 22. The Morgan fingerprint density at radius 3 is 0.410 bits per heavy atom. The van der Waals surface area contributed by atoms with E-state index in [9.17, 15) is 0 Å². The van der Waals surface area contributed by atoms with Gasteiger partial charge in [-0.25, -0.2) is 29.9 Å². The highest BCUT2D eigenvalue weighted by molar-refractivity contribution is 6.11. The molecular formula is C112H104N10. The first-order valence-corrected chi connectivity index (χ1v) is 42.9. The van der Waals surface area contributed by atoms with E-state index in [4.69, 9.17) is 29.9 Å². The first kappa shape index (κ1) is 78.4. The minimum atomic E-state index is 0.631. The molecule has 0 aliphatic carbocycles. The number of nitrogens with zero attached hydrogens (tertiary/aromatic N) is 6. The molecule has 0 fully saturated rings. The molecule has 0 atom stereocenters. The Kier molecular flexibility index (Phi) is 18.8. The van der Waals surface area contributed by atoms with E-state index in [-0.39, 0.29) is 0 Å². The molecule has 10 nitrogen and oxygen atoms in total. The standard InChI is InChI=1S/C112H104N10/c1-53-37-61(9)89(62(10)38-53)97-77-25-26-78(113-77)98(90-63(11)39-54(2)40-64(90)12)82-30-34-86(116-82)102(94-71(19)47-58(6)48-72(94)20)106-110-109(105(119-106)101(85-33-29-81(97)115-85)93-69(17)45-57(5)46-70(93)18)121-111-107-103(95-73(21)49-59(7)50-74(95)22)87-35-31-83(117-87)99(91-65(13)41-55(3)42-66(91)14)79-27-28-80(114-79)100(92-67(15)43-56(4)44-68(92)16)84-32-36-88(118-84)104(108(120-107)112(111)122-110)96-75(23)51-60(8)52-76(96)24/h25-52,115-118H,1-24H3. The van der Waals surface area contributed by atoms with Gasteiger partial charge in [0.15, 0.2) is 0 Å². The summed E-state index contributed by atoms with van der Waals surface area (Å²) in [7, 11) is 0. The lowest BCUT2D eigenvalue weighted by molar-refractivity contribution is 1.24. The summed E-state index contributed by atoms with van der Waals surface area (Å²) in [5.41, 5.74) is 59.8. The molecular weight excluding hydrogens is 1490 g/mol. The van der Waals surface area contributed by atoms with Crippen LogP contribution in [0.15, 0.2) is 146 Å². The van der Waals surface area contributed by atoms with Gasteiger partial charge in [-0.1, -0.05) is 142 Å². The van der Waals surface area contributed by atoms with E-state index in [0.717, 1.165) is 245 Å². The second-order valence-electron chi connectivity index (χ2n) is 36.0. The average molecular weight is 1590 g/mol. The van der Waals surface area contributed by atoms with E-state index >= 15 is 0 Å². The van der Waals surface area contributed by atoms with Gasteiger partial charge in [0.2, 0.25) is 0 Å². The average Bonchev–Trinajstić information content (AvgIpc) is 1.55. The molecule has 602 valence electrons. The van der Waals surface area contributed by atoms with Gasteiger partial charge in [-0.3, -0.25) is 0 Å². The highest BCUT2D eigenvalue weighted by Gasteiger charge is 2.38. The molecule has 11 heterocycles. The van der Waals surface area contributed by atoms with Crippen LogP contribution in [0.2, 0.25) is 0 Å². The molecule has 4 aliphatic heterocycles. The SMILES string of the molecule is Cc1cc(C)c(-c2c3nc(c(-c4c(C)cc(C)cc4C)c4ccc([nH]4)c(-c4c(C)cc(C)cc4C)c4nc(c(-c5c(C)cc(C)cc5C)c5ccc2[nH]5)-c2nc5c(nc2-4)-c2nc-5c(-c4c(C)cc(C)cc4C)c4ccc([nH]4)c(-c4c(C)cc(C)cc4C)c4nc(c(-c5c(C)cc(C)cc5C)c5ccc([nH]5)c2-c2c(C)cc(C)cc2C)C=C4)C=C3)c(C)c1. The van der Waals surface area contributed by atoms with Crippen LogP contribution in [-0.4, -0.2) is 49.8 Å². The highest BCUT2D eigenvalue weighted by atomic mass is 15.0. The van der Waals surface area contributed by atoms with Gasteiger partial charge in [0.1, 0.15) is 45.6 Å². The van der Waals surface area contributed by atoms with Crippen LogP contribution in [0.25, 0.3) is 203 Å². The van der Waals surface area contributed by atoms with Crippen LogP contribution in [-0.2, 0) is 0 Å². The molecule has 0 radical (unpaired) electrons. The van der Waals surface area contributed by atoms with Crippen molar-refractivity contribution in [2.45, 2.75) is 166 Å². The van der Waals surface area contributed by atoms with Crippen molar-refractivity contribution >= 4 is 68.4 Å². The maximum absolute atomic E-state index is 6.54. The smallest absolute Gasteiger partial charge is 0.118 e. The molecule has 4 aliphatic rings. The third-order valence-electron chi connectivity index (χ3n) is 25.8. The number of hydrogen-bond acceptors (Lipinski definition) is 6. The first-order chi connectivity index (χ1) is 58.3. The summed E-state index contributed by atoms with van der Waals surface area (Å²) in [6, 6.07) is 55.1. The number of nitrogens with one attached hydrogen (secondary N) is 4. The fourth-order valence-corrected chi connectivity index (χ4v) is 22.0. The number of aromatic nitrogens is 10. The van der Waals surface area contributed by atoms with Crippen LogP contribution in [0.1, 0.15) is 156 Å². The largest absolute Gasteiger partial charge is 0.354 e. The predicted molar refractivity (Wildman–Crippen MR) is 515 cm³/mol. The van der Waals surface area contributed by atoms with Gasteiger partial charge >= 0.3 is 0 Å². The fourth-order valence-electron chi connectivity index (χ4n) is 22.0. The second kappa shape index (κ2) is 29.2. The van der Waals surface area contributed by atoms with Crippen molar-refractivity contribution in [1.29, 1.82) is 0 Å². The normalized spacial score (nSPS) is 12.2. The lowest BCUT2D eigenvalue weighted by Gasteiger charge is -2.16. The van der Waals surface area contributed by atoms with Crippen LogP contribution in [0, 0.1) is 166 Å². The van der Waals surface area contributed by atoms with Gasteiger partial charge in [0.05, 0.1) is 22.8 Å². The minimum Gasteiger partial charge on any atom is -0.354 e. The molecule has 10 heteroatoms. The van der Waals surface area contributed by atoms with E-state index in [0.29, 0.717) is 45.6 Å². The molecule has 15 aromatic rings. The molecule has 4 N–H and O–H groups in total. The van der Waals surface area contributed by atoms with Gasteiger partial charge in [-0.15, -0.1) is 0 Å². The van der Waals surface area contributed by atoms with Crippen molar-refractivity contribution in [3.8, 4) is 135 Å². The summed E-state index contributed by atoms with van der Waals surface area (Å²) >= 11 is 0. The van der Waals surface area contributed by atoms with Crippen LogP contribution < -0.4 is 0 Å². The third kappa shape index (κ3) is 12.8. The quantitative estimate of drug-likeness (QED) is 0.119. The molecule has 19 rings (SSSR count). The van der Waals surface area contributed by atoms with E-state index in [1.54, 1.807) is 0 Å². The zero-order valence-corrected chi connectivity index (χ0v) is 74.8. The van der Waals surface area contributed by atoms with E-state index < -0.39 is 0 Å². The van der Waals surface area contributed by atoms with Crippen molar-refractivity contribution in [2.24, 2.45) is 0 Å². The molecule has 7 aromatic heterocycles. The number of H-pyrrole nitrogens is 4. The maximum atomic E-state index is 6.54. The van der Waals surface area contributed by atoms with Crippen molar-refractivity contribution in [3.05, 3.63) is 302 Å². The summed E-state index contributed by atoms with van der Waals surface area (Å²) in [5, 5.41) is 0. The molecule has 0 unspecified atom stereocenters. The second-order valence-corrected chi connectivity index (χ2v) is 36.0. The topological polar surface area (TPSA) is 140 Å². The molecule has 0 amide bonds. The maximum Gasteiger partial charge on any atom is 0.118 e. The lowest BCUT2D eigenvalue weighted by Crippen LogP contribution is -1.99. The number of benzene rings is 8. The Hall–Kier alpha value is -13.4. The van der Waals surface area contributed by atoms with E-state index in [1.807, 2.05) is 0 Å². The minimum absolute atomic E-state index is 0.631. The summed E-state index contributed by atoms with van der Waals surface area (Å²) in [6.07, 6.45) is 8.92. The van der Waals surface area contributed by atoms with Gasteiger partial charge < -0.3 is 19.9 Å². The summed E-state index contributed by atoms with van der Waals surface area (Å²) in [5.74, 6) is 0. The molecule has 16 bridgehead atoms. The van der Waals surface area contributed by atoms with E-state index in [1.165, 1.54) is 44.5 Å². The lowest BCUT2D eigenvalue weighted by atomic mass is 9.90. The van der Waals surface area contributed by atoms with Crippen molar-refractivity contribution in [2.75, 3.05) is 0 Å². The zero-order valence-electron chi connectivity index (χ0n) is 74.8. The Labute approximate surface area is 716 Å².